The first-order chi connectivity index (χ1) is 18.2. The van der Waals surface area contributed by atoms with Crippen molar-refractivity contribution in [3.8, 4) is 22.3 Å². The molecule has 7 rings (SSSR count). The van der Waals surface area contributed by atoms with Crippen LogP contribution in [-0.2, 0) is 12.0 Å². The lowest BCUT2D eigenvalue weighted by Crippen LogP contribution is -2.30. The Hall–Kier alpha value is -4.46. The minimum atomic E-state index is -1.34. The second-order valence-electron chi connectivity index (χ2n) is 9.82. The molecule has 0 amide bonds. The Labute approximate surface area is 217 Å². The summed E-state index contributed by atoms with van der Waals surface area (Å²) in [4.78, 5) is 0. The summed E-state index contributed by atoms with van der Waals surface area (Å²) < 4.78 is 0. The van der Waals surface area contributed by atoms with Crippen LogP contribution in [0.4, 0.5) is 0 Å². The third kappa shape index (κ3) is 3.36. The Morgan fingerprint density at radius 3 is 1.76 bits per heavy atom. The monoisotopic (exact) mass is 474 g/mol. The molecular weight excluding hydrogens is 448 g/mol. The Morgan fingerprint density at radius 2 is 1.03 bits per heavy atom. The Morgan fingerprint density at radius 1 is 0.459 bits per heavy atom. The van der Waals surface area contributed by atoms with Crippen LogP contribution in [0.25, 0.3) is 33.0 Å². The molecule has 6 aromatic carbocycles. The van der Waals surface area contributed by atoms with Gasteiger partial charge in [-0.15, -0.1) is 0 Å². The van der Waals surface area contributed by atoms with Crippen LogP contribution in [-0.4, -0.2) is 5.11 Å². The van der Waals surface area contributed by atoms with E-state index in [1.54, 1.807) is 0 Å². The first-order valence-corrected chi connectivity index (χ1v) is 12.8. The molecule has 37 heavy (non-hydrogen) atoms. The predicted octanol–water partition coefficient (Wildman–Crippen LogP) is 8.36. The highest BCUT2D eigenvalue weighted by Gasteiger charge is 2.38. The summed E-state index contributed by atoms with van der Waals surface area (Å²) in [6, 6.07) is 48.2. The molecule has 1 N–H and O–H groups in total. The maximum Gasteiger partial charge on any atom is 0.141 e. The van der Waals surface area contributed by atoms with Gasteiger partial charge in [0.1, 0.15) is 5.60 Å². The maximum absolute atomic E-state index is 13.0. The molecule has 0 heterocycles. The van der Waals surface area contributed by atoms with E-state index >= 15 is 0 Å². The average Bonchev–Trinajstić information content (AvgIpc) is 3.36. The molecule has 1 aliphatic rings. The number of benzene rings is 6. The normalized spacial score (nSPS) is 12.4. The fraction of sp³-hybridized carbons (Fsp3) is 0.0556. The van der Waals surface area contributed by atoms with E-state index in [9.17, 15) is 5.11 Å². The molecule has 0 aliphatic heterocycles. The molecule has 1 nitrogen and oxygen atoms in total. The van der Waals surface area contributed by atoms with Crippen LogP contribution in [0, 0.1) is 0 Å². The van der Waals surface area contributed by atoms with Crippen molar-refractivity contribution < 1.29 is 5.11 Å². The standard InChI is InChI=1S/C36H26O/c37-36(27-14-3-1-4-15-27,28-16-5-2-6-17-28)35-30-19-10-7-12-25(30)22-23-33(35)32-21-11-20-31-29-18-9-8-13-26(29)24-34(31)32/h1-23,37H,24H2. The Bertz CT molecular complexity index is 1710. The van der Waals surface area contributed by atoms with Crippen molar-refractivity contribution >= 4 is 10.8 Å². The summed E-state index contributed by atoms with van der Waals surface area (Å²) in [5, 5.41) is 15.2. The highest BCUT2D eigenvalue weighted by molar-refractivity contribution is 5.96. The summed E-state index contributed by atoms with van der Waals surface area (Å²) in [6.45, 7) is 0. The lowest BCUT2D eigenvalue weighted by Gasteiger charge is -2.33. The molecule has 176 valence electrons. The third-order valence-corrected chi connectivity index (χ3v) is 7.81. The molecule has 1 heteroatoms. The predicted molar refractivity (Wildman–Crippen MR) is 153 cm³/mol. The van der Waals surface area contributed by atoms with E-state index in [1.807, 2.05) is 60.7 Å². The van der Waals surface area contributed by atoms with Gasteiger partial charge in [-0.25, -0.2) is 0 Å². The third-order valence-electron chi connectivity index (χ3n) is 7.81. The van der Waals surface area contributed by atoms with Gasteiger partial charge in [0, 0.05) is 5.56 Å². The van der Waals surface area contributed by atoms with E-state index in [-0.39, 0.29) is 0 Å². The van der Waals surface area contributed by atoms with Crippen molar-refractivity contribution in [2.75, 3.05) is 0 Å². The van der Waals surface area contributed by atoms with Gasteiger partial charge >= 0.3 is 0 Å². The van der Waals surface area contributed by atoms with Gasteiger partial charge in [-0.05, 0) is 61.7 Å². The lowest BCUT2D eigenvalue weighted by molar-refractivity contribution is 0.128. The first kappa shape index (κ1) is 21.8. The fourth-order valence-electron chi connectivity index (χ4n) is 6.11. The topological polar surface area (TPSA) is 20.2 Å². The smallest absolute Gasteiger partial charge is 0.141 e. The highest BCUT2D eigenvalue weighted by atomic mass is 16.3. The lowest BCUT2D eigenvalue weighted by atomic mass is 9.74. The van der Waals surface area contributed by atoms with E-state index in [2.05, 4.69) is 78.9 Å². The van der Waals surface area contributed by atoms with Crippen molar-refractivity contribution in [1.29, 1.82) is 0 Å². The van der Waals surface area contributed by atoms with Crippen LogP contribution in [0.1, 0.15) is 27.8 Å². The van der Waals surface area contributed by atoms with Crippen LogP contribution < -0.4 is 0 Å². The largest absolute Gasteiger partial charge is 0.376 e. The first-order valence-electron chi connectivity index (χ1n) is 12.8. The van der Waals surface area contributed by atoms with E-state index in [4.69, 9.17) is 0 Å². The van der Waals surface area contributed by atoms with E-state index in [0.29, 0.717) is 0 Å². The molecule has 0 bridgehead atoms. The number of rotatable bonds is 4. The Kier molecular flexibility index (Phi) is 5.06. The zero-order chi connectivity index (χ0) is 24.8. The van der Waals surface area contributed by atoms with E-state index in [1.165, 1.54) is 27.8 Å². The minimum absolute atomic E-state index is 0.856. The van der Waals surface area contributed by atoms with Gasteiger partial charge in [-0.2, -0.15) is 0 Å². The summed E-state index contributed by atoms with van der Waals surface area (Å²) in [6.07, 6.45) is 0.892. The molecule has 0 radical (unpaired) electrons. The van der Waals surface area contributed by atoms with Gasteiger partial charge in [0.15, 0.2) is 0 Å². The van der Waals surface area contributed by atoms with Crippen molar-refractivity contribution in [1.82, 2.24) is 0 Å². The van der Waals surface area contributed by atoms with E-state index < -0.39 is 5.60 Å². The molecule has 0 saturated carbocycles. The van der Waals surface area contributed by atoms with Crippen LogP contribution >= 0.6 is 0 Å². The number of aliphatic hydroxyl groups is 1. The molecule has 1 aliphatic carbocycles. The molecule has 0 fully saturated rings. The molecule has 0 spiro atoms. The van der Waals surface area contributed by atoms with Gasteiger partial charge in [0.25, 0.3) is 0 Å². The molecular formula is C36H26O. The molecule has 0 saturated heterocycles. The zero-order valence-corrected chi connectivity index (χ0v) is 20.4. The van der Waals surface area contributed by atoms with Crippen molar-refractivity contribution in [3.05, 3.63) is 167 Å². The van der Waals surface area contributed by atoms with Crippen LogP contribution in [0.15, 0.2) is 140 Å². The summed E-state index contributed by atoms with van der Waals surface area (Å²) in [7, 11) is 0. The van der Waals surface area contributed by atoms with Crippen LogP contribution in [0.5, 0.6) is 0 Å². The maximum atomic E-state index is 13.0. The highest BCUT2D eigenvalue weighted by Crippen LogP contribution is 2.48. The van der Waals surface area contributed by atoms with Crippen molar-refractivity contribution in [2.45, 2.75) is 12.0 Å². The second kappa shape index (κ2) is 8.58. The molecule has 0 aromatic heterocycles. The number of hydrogen-bond acceptors (Lipinski definition) is 1. The summed E-state index contributed by atoms with van der Waals surface area (Å²) in [5.74, 6) is 0. The van der Waals surface area contributed by atoms with Gasteiger partial charge in [-0.3, -0.25) is 0 Å². The van der Waals surface area contributed by atoms with Gasteiger partial charge in [0.2, 0.25) is 0 Å². The minimum Gasteiger partial charge on any atom is -0.376 e. The number of hydrogen-bond donors (Lipinski definition) is 1. The summed E-state index contributed by atoms with van der Waals surface area (Å²) >= 11 is 0. The average molecular weight is 475 g/mol. The zero-order valence-electron chi connectivity index (χ0n) is 20.4. The molecule has 0 unspecified atom stereocenters. The van der Waals surface area contributed by atoms with Gasteiger partial charge < -0.3 is 5.11 Å². The summed E-state index contributed by atoms with van der Waals surface area (Å²) in [5.41, 5.74) is 8.82. The van der Waals surface area contributed by atoms with Gasteiger partial charge in [0.05, 0.1) is 0 Å². The molecule has 0 atom stereocenters. The van der Waals surface area contributed by atoms with E-state index in [0.717, 1.165) is 39.4 Å². The van der Waals surface area contributed by atoms with Gasteiger partial charge in [-0.1, -0.05) is 140 Å². The second-order valence-corrected chi connectivity index (χ2v) is 9.82. The number of fused-ring (bicyclic) bond motifs is 4. The van der Waals surface area contributed by atoms with Crippen molar-refractivity contribution in [2.24, 2.45) is 0 Å². The SMILES string of the molecule is OC(c1ccccc1)(c1ccccc1)c1c(-c2cccc3c2Cc2ccccc2-3)ccc2ccccc12. The fourth-order valence-corrected chi connectivity index (χ4v) is 6.11. The van der Waals surface area contributed by atoms with Crippen LogP contribution in [0.2, 0.25) is 0 Å². The quantitative estimate of drug-likeness (QED) is 0.254. The van der Waals surface area contributed by atoms with Crippen LogP contribution in [0.3, 0.4) is 0 Å². The van der Waals surface area contributed by atoms with Crippen molar-refractivity contribution in [3.63, 3.8) is 0 Å². The molecule has 6 aromatic rings. The Balaban J connectivity index is 1.59.